The molecule has 4 aromatic rings. The standard InChI is InChI=1S/C25H19F2NO4/c1-14-18(15-6-4-3-5-7-15)11-21(27)24(19(14)13-31-2)23-12-22(28-32-23)16-8-9-17(25(29)30)20(26)10-16/h3-12H,13H2,1-2H3,(H,29,30). The second kappa shape index (κ2) is 8.72. The Labute approximate surface area is 182 Å². The highest BCUT2D eigenvalue weighted by molar-refractivity contribution is 5.88. The molecule has 1 heterocycles. The van der Waals surface area contributed by atoms with E-state index in [0.717, 1.165) is 28.8 Å². The molecule has 7 heteroatoms. The van der Waals surface area contributed by atoms with Crippen LogP contribution in [-0.4, -0.2) is 23.3 Å². The van der Waals surface area contributed by atoms with E-state index in [2.05, 4.69) is 5.16 Å². The third-order valence-electron chi connectivity index (χ3n) is 5.29. The zero-order valence-electron chi connectivity index (χ0n) is 17.4. The number of hydrogen-bond acceptors (Lipinski definition) is 4. The second-order valence-electron chi connectivity index (χ2n) is 7.26. The van der Waals surface area contributed by atoms with Crippen LogP contribution in [0, 0.1) is 18.6 Å². The molecule has 0 aliphatic carbocycles. The number of aromatic nitrogens is 1. The quantitative estimate of drug-likeness (QED) is 0.396. The minimum absolute atomic E-state index is 0.150. The Hall–Kier alpha value is -3.84. The summed E-state index contributed by atoms with van der Waals surface area (Å²) in [4.78, 5) is 11.0. The minimum atomic E-state index is -1.37. The normalized spacial score (nSPS) is 11.0. The van der Waals surface area contributed by atoms with Gasteiger partial charge < -0.3 is 14.4 Å². The minimum Gasteiger partial charge on any atom is -0.478 e. The van der Waals surface area contributed by atoms with Gasteiger partial charge in [0.05, 0.1) is 17.7 Å². The number of aromatic carboxylic acids is 1. The van der Waals surface area contributed by atoms with E-state index < -0.39 is 23.2 Å². The van der Waals surface area contributed by atoms with Crippen LogP contribution in [-0.2, 0) is 11.3 Å². The van der Waals surface area contributed by atoms with Crippen LogP contribution in [0.1, 0.15) is 21.5 Å². The summed E-state index contributed by atoms with van der Waals surface area (Å²) in [5.41, 5.74) is 3.40. The number of carbonyl (C=O) groups is 1. The van der Waals surface area contributed by atoms with E-state index in [4.69, 9.17) is 14.4 Å². The number of hydrogen-bond donors (Lipinski definition) is 1. The Balaban J connectivity index is 1.81. The van der Waals surface area contributed by atoms with Gasteiger partial charge in [-0.25, -0.2) is 13.6 Å². The lowest BCUT2D eigenvalue weighted by Gasteiger charge is -2.16. The molecule has 0 spiro atoms. The van der Waals surface area contributed by atoms with Crippen molar-refractivity contribution in [2.75, 3.05) is 7.11 Å². The number of nitrogens with zero attached hydrogens (tertiary/aromatic N) is 1. The van der Waals surface area contributed by atoms with Crippen LogP contribution in [0.4, 0.5) is 8.78 Å². The van der Waals surface area contributed by atoms with Crippen molar-refractivity contribution in [2.24, 2.45) is 0 Å². The first-order valence-corrected chi connectivity index (χ1v) is 9.77. The van der Waals surface area contributed by atoms with Crippen LogP contribution in [0.15, 0.2) is 65.2 Å². The Bertz CT molecular complexity index is 1300. The largest absolute Gasteiger partial charge is 0.478 e. The van der Waals surface area contributed by atoms with Crippen LogP contribution in [0.3, 0.4) is 0 Å². The molecule has 0 atom stereocenters. The molecule has 0 saturated carbocycles. The first kappa shape index (κ1) is 21.4. The molecule has 4 rings (SSSR count). The Kier molecular flexibility index (Phi) is 5.83. The summed E-state index contributed by atoms with van der Waals surface area (Å²) < 4.78 is 40.2. The highest BCUT2D eigenvalue weighted by atomic mass is 19.1. The van der Waals surface area contributed by atoms with Gasteiger partial charge in [-0.1, -0.05) is 41.6 Å². The Morgan fingerprint density at radius 1 is 1.03 bits per heavy atom. The molecular weight excluding hydrogens is 416 g/mol. The molecule has 3 aromatic carbocycles. The first-order chi connectivity index (χ1) is 15.4. The van der Waals surface area contributed by atoms with Gasteiger partial charge in [-0.3, -0.25) is 0 Å². The number of ether oxygens (including phenoxy) is 1. The number of carboxylic acids is 1. The van der Waals surface area contributed by atoms with Crippen LogP contribution in [0.5, 0.6) is 0 Å². The third kappa shape index (κ3) is 3.90. The van der Waals surface area contributed by atoms with Gasteiger partial charge >= 0.3 is 5.97 Å². The van der Waals surface area contributed by atoms with Crippen molar-refractivity contribution in [3.8, 4) is 33.7 Å². The van der Waals surface area contributed by atoms with E-state index in [1.807, 2.05) is 37.3 Å². The number of benzene rings is 3. The maximum atomic E-state index is 15.3. The average molecular weight is 435 g/mol. The van der Waals surface area contributed by atoms with E-state index >= 15 is 4.39 Å². The van der Waals surface area contributed by atoms with E-state index in [1.54, 1.807) is 0 Å². The van der Waals surface area contributed by atoms with Gasteiger partial charge in [0.1, 0.15) is 17.3 Å². The van der Waals surface area contributed by atoms with E-state index in [9.17, 15) is 9.18 Å². The van der Waals surface area contributed by atoms with Gasteiger partial charge in [-0.05, 0) is 47.4 Å². The molecule has 5 nitrogen and oxygen atoms in total. The van der Waals surface area contributed by atoms with Crippen molar-refractivity contribution in [2.45, 2.75) is 13.5 Å². The highest BCUT2D eigenvalue weighted by Crippen LogP contribution is 2.37. The van der Waals surface area contributed by atoms with Crippen molar-refractivity contribution in [3.05, 3.63) is 89.0 Å². The molecule has 0 fully saturated rings. The molecule has 0 aliphatic heterocycles. The number of carboxylic acid groups (broad SMARTS) is 1. The van der Waals surface area contributed by atoms with Crippen LogP contribution in [0.25, 0.3) is 33.7 Å². The second-order valence-corrected chi connectivity index (χ2v) is 7.26. The summed E-state index contributed by atoms with van der Waals surface area (Å²) in [6.07, 6.45) is 0. The Morgan fingerprint density at radius 3 is 2.44 bits per heavy atom. The van der Waals surface area contributed by atoms with Crippen molar-refractivity contribution in [1.29, 1.82) is 0 Å². The molecule has 0 radical (unpaired) electrons. The van der Waals surface area contributed by atoms with Gasteiger partial charge in [0.2, 0.25) is 0 Å². The summed E-state index contributed by atoms with van der Waals surface area (Å²) in [7, 11) is 1.52. The Morgan fingerprint density at radius 2 is 1.78 bits per heavy atom. The molecular formula is C25H19F2NO4. The van der Waals surface area contributed by atoms with Gasteiger partial charge in [0.15, 0.2) is 5.76 Å². The first-order valence-electron chi connectivity index (χ1n) is 9.77. The van der Waals surface area contributed by atoms with E-state index in [1.165, 1.54) is 25.3 Å². The molecule has 1 aromatic heterocycles. The number of methoxy groups -OCH3 is 1. The highest BCUT2D eigenvalue weighted by Gasteiger charge is 2.22. The summed E-state index contributed by atoms with van der Waals surface area (Å²) >= 11 is 0. The number of halogens is 2. The lowest BCUT2D eigenvalue weighted by molar-refractivity contribution is 0.0692. The maximum absolute atomic E-state index is 15.3. The molecule has 1 N–H and O–H groups in total. The topological polar surface area (TPSA) is 72.6 Å². The SMILES string of the molecule is COCc1c(C)c(-c2ccccc2)cc(F)c1-c1cc(-c2ccc(C(=O)O)c(F)c2)no1. The van der Waals surface area contributed by atoms with Crippen LogP contribution in [0.2, 0.25) is 0 Å². The zero-order valence-corrected chi connectivity index (χ0v) is 17.4. The fourth-order valence-electron chi connectivity index (χ4n) is 3.69. The average Bonchev–Trinajstić information content (AvgIpc) is 3.26. The monoisotopic (exact) mass is 435 g/mol. The molecule has 0 aliphatic rings. The molecule has 0 amide bonds. The van der Waals surface area contributed by atoms with Crippen molar-refractivity contribution in [1.82, 2.24) is 5.16 Å². The van der Waals surface area contributed by atoms with Gasteiger partial charge in [-0.15, -0.1) is 0 Å². The molecule has 0 saturated heterocycles. The molecule has 162 valence electrons. The van der Waals surface area contributed by atoms with E-state index in [-0.39, 0.29) is 23.6 Å². The van der Waals surface area contributed by atoms with E-state index in [0.29, 0.717) is 11.1 Å². The van der Waals surface area contributed by atoms with Gasteiger partial charge in [0.25, 0.3) is 0 Å². The van der Waals surface area contributed by atoms with Crippen LogP contribution >= 0.6 is 0 Å². The van der Waals surface area contributed by atoms with Crippen LogP contribution < -0.4 is 0 Å². The summed E-state index contributed by atoms with van der Waals surface area (Å²) in [5, 5.41) is 12.9. The van der Waals surface area contributed by atoms with Gasteiger partial charge in [0, 0.05) is 18.7 Å². The maximum Gasteiger partial charge on any atom is 0.338 e. The lowest BCUT2D eigenvalue weighted by atomic mass is 9.91. The van der Waals surface area contributed by atoms with Crippen molar-refractivity contribution >= 4 is 5.97 Å². The zero-order chi connectivity index (χ0) is 22.8. The predicted molar refractivity (Wildman–Crippen MR) is 115 cm³/mol. The third-order valence-corrected chi connectivity index (χ3v) is 5.29. The van der Waals surface area contributed by atoms with Gasteiger partial charge in [-0.2, -0.15) is 0 Å². The lowest BCUT2D eigenvalue weighted by Crippen LogP contribution is -2.01. The van der Waals surface area contributed by atoms with Crippen molar-refractivity contribution in [3.63, 3.8) is 0 Å². The number of rotatable bonds is 6. The fraction of sp³-hybridized carbons (Fsp3) is 0.120. The predicted octanol–water partition coefficient (Wildman–Crippen LogP) is 6.11. The smallest absolute Gasteiger partial charge is 0.338 e. The summed E-state index contributed by atoms with van der Waals surface area (Å²) in [5.74, 6) is -2.60. The summed E-state index contributed by atoms with van der Waals surface area (Å²) in [6.45, 7) is 2.04. The molecule has 0 bridgehead atoms. The van der Waals surface area contributed by atoms with Crippen molar-refractivity contribution < 1.29 is 27.9 Å². The fourth-order valence-corrected chi connectivity index (χ4v) is 3.69. The molecule has 32 heavy (non-hydrogen) atoms. The molecule has 0 unspecified atom stereocenters. The summed E-state index contributed by atoms with van der Waals surface area (Å²) in [6, 6.07) is 16.0.